The molecule has 1 aliphatic rings. The molecule has 2 amide bonds. The maximum atomic E-state index is 12.2. The number of nitrogens with two attached hydrogens (primary N) is 2. The van der Waals surface area contributed by atoms with Crippen molar-refractivity contribution in [1.29, 1.82) is 0 Å². The number of likely N-dealkylation sites (tertiary alicyclic amines) is 1. The second kappa shape index (κ2) is 5.00. The highest BCUT2D eigenvalue weighted by atomic mass is 32.1. The van der Waals surface area contributed by atoms with E-state index in [4.69, 9.17) is 23.7 Å². The molecule has 17 heavy (non-hydrogen) atoms. The van der Waals surface area contributed by atoms with Gasteiger partial charge in [-0.05, 0) is 26.7 Å². The molecule has 0 aromatic rings. The van der Waals surface area contributed by atoms with E-state index in [9.17, 15) is 9.59 Å². The Morgan fingerprint density at radius 3 is 2.06 bits per heavy atom. The van der Waals surface area contributed by atoms with Crippen molar-refractivity contribution >= 4 is 29.0 Å². The lowest BCUT2D eigenvalue weighted by atomic mass is 9.89. The van der Waals surface area contributed by atoms with Crippen LogP contribution in [0.5, 0.6) is 0 Å². The lowest BCUT2D eigenvalue weighted by Crippen LogP contribution is -2.50. The first-order chi connectivity index (χ1) is 7.76. The summed E-state index contributed by atoms with van der Waals surface area (Å²) in [5, 5.41) is 0. The summed E-state index contributed by atoms with van der Waals surface area (Å²) < 4.78 is 0. The summed E-state index contributed by atoms with van der Waals surface area (Å²) in [5.74, 6) is -0.481. The Hall–Kier alpha value is -1.17. The predicted octanol–water partition coefficient (Wildman–Crippen LogP) is 0.0226. The van der Waals surface area contributed by atoms with E-state index in [2.05, 4.69) is 0 Å². The molecule has 0 spiro atoms. The summed E-state index contributed by atoms with van der Waals surface area (Å²) in [7, 11) is 0. The zero-order valence-corrected chi connectivity index (χ0v) is 11.0. The van der Waals surface area contributed by atoms with Crippen LogP contribution in [-0.4, -0.2) is 34.8 Å². The molecular formula is C11H19N3O2S. The summed E-state index contributed by atoms with van der Waals surface area (Å²) in [6, 6.07) is 0. The smallest absolute Gasteiger partial charge is 0.235 e. The Bertz CT molecular complexity index is 347. The van der Waals surface area contributed by atoms with Crippen molar-refractivity contribution in [2.24, 2.45) is 22.8 Å². The number of primary amides is 1. The van der Waals surface area contributed by atoms with Crippen molar-refractivity contribution in [3.05, 3.63) is 0 Å². The van der Waals surface area contributed by atoms with Gasteiger partial charge in [-0.15, -0.1) is 0 Å². The summed E-state index contributed by atoms with van der Waals surface area (Å²) in [6.07, 6.45) is 1.24. The topological polar surface area (TPSA) is 89.4 Å². The van der Waals surface area contributed by atoms with Crippen molar-refractivity contribution < 1.29 is 9.59 Å². The zero-order valence-electron chi connectivity index (χ0n) is 10.2. The van der Waals surface area contributed by atoms with E-state index >= 15 is 0 Å². The SMILES string of the molecule is CC(C)(C(=O)N1CCC(C(N)=O)CC1)C(N)=S. The fraction of sp³-hybridized carbons (Fsp3) is 0.727. The maximum Gasteiger partial charge on any atom is 0.235 e. The number of carbonyl (C=O) groups is 2. The Labute approximate surface area is 107 Å². The molecular weight excluding hydrogens is 238 g/mol. The summed E-state index contributed by atoms with van der Waals surface area (Å²) in [5.41, 5.74) is 9.98. The van der Waals surface area contributed by atoms with Crippen molar-refractivity contribution in [2.45, 2.75) is 26.7 Å². The number of thiocarbonyl (C=S) groups is 1. The van der Waals surface area contributed by atoms with Gasteiger partial charge in [0.15, 0.2) is 0 Å². The monoisotopic (exact) mass is 257 g/mol. The molecule has 0 unspecified atom stereocenters. The van der Waals surface area contributed by atoms with E-state index in [0.717, 1.165) is 0 Å². The largest absolute Gasteiger partial charge is 0.392 e. The van der Waals surface area contributed by atoms with Crippen LogP contribution in [0.4, 0.5) is 0 Å². The first-order valence-corrected chi connectivity index (χ1v) is 6.06. The highest BCUT2D eigenvalue weighted by Crippen LogP contribution is 2.24. The fourth-order valence-corrected chi connectivity index (χ4v) is 1.96. The Morgan fingerprint density at radius 2 is 1.71 bits per heavy atom. The van der Waals surface area contributed by atoms with Gasteiger partial charge in [0.25, 0.3) is 0 Å². The van der Waals surface area contributed by atoms with Gasteiger partial charge in [-0.2, -0.15) is 0 Å². The Morgan fingerprint density at radius 1 is 1.24 bits per heavy atom. The minimum atomic E-state index is -0.825. The minimum Gasteiger partial charge on any atom is -0.392 e. The van der Waals surface area contributed by atoms with Crippen LogP contribution >= 0.6 is 12.2 Å². The lowest BCUT2D eigenvalue weighted by molar-refractivity contribution is -0.139. The van der Waals surface area contributed by atoms with E-state index in [0.29, 0.717) is 25.9 Å². The third kappa shape index (κ3) is 2.94. The van der Waals surface area contributed by atoms with Gasteiger partial charge in [0, 0.05) is 19.0 Å². The number of hydrogen-bond acceptors (Lipinski definition) is 3. The molecule has 1 aliphatic heterocycles. The molecule has 5 nitrogen and oxygen atoms in total. The summed E-state index contributed by atoms with van der Waals surface area (Å²) in [6.45, 7) is 4.52. The van der Waals surface area contributed by atoms with E-state index in [1.807, 2.05) is 0 Å². The molecule has 1 heterocycles. The predicted molar refractivity (Wildman–Crippen MR) is 69.1 cm³/mol. The van der Waals surface area contributed by atoms with E-state index < -0.39 is 5.41 Å². The van der Waals surface area contributed by atoms with E-state index in [-0.39, 0.29) is 22.7 Å². The number of nitrogens with zero attached hydrogens (tertiary/aromatic N) is 1. The molecule has 0 aromatic heterocycles. The van der Waals surface area contributed by atoms with Crippen LogP contribution < -0.4 is 11.5 Å². The Balaban J connectivity index is 2.63. The average molecular weight is 257 g/mol. The standard InChI is InChI=1S/C11H19N3O2S/c1-11(2,9(13)17)10(16)14-5-3-7(4-6-14)8(12)15/h7H,3-6H2,1-2H3,(H2,12,15)(H2,13,17). The van der Waals surface area contributed by atoms with Crippen molar-refractivity contribution in [2.75, 3.05) is 13.1 Å². The van der Waals surface area contributed by atoms with E-state index in [1.54, 1.807) is 18.7 Å². The first-order valence-electron chi connectivity index (χ1n) is 5.65. The summed E-state index contributed by atoms with van der Waals surface area (Å²) in [4.78, 5) is 25.1. The highest BCUT2D eigenvalue weighted by Gasteiger charge is 2.36. The molecule has 4 N–H and O–H groups in total. The molecule has 96 valence electrons. The Kier molecular flexibility index (Phi) is 4.08. The molecule has 6 heteroatoms. The van der Waals surface area contributed by atoms with Crippen LogP contribution in [0.1, 0.15) is 26.7 Å². The van der Waals surface area contributed by atoms with Gasteiger partial charge in [-0.25, -0.2) is 0 Å². The molecule has 0 radical (unpaired) electrons. The number of piperidine rings is 1. The van der Waals surface area contributed by atoms with Gasteiger partial charge in [0.1, 0.15) is 0 Å². The minimum absolute atomic E-state index is 0.0760. The van der Waals surface area contributed by atoms with Crippen LogP contribution in [0.3, 0.4) is 0 Å². The van der Waals surface area contributed by atoms with Gasteiger partial charge in [0.05, 0.1) is 10.4 Å². The third-order valence-electron chi connectivity index (χ3n) is 3.34. The van der Waals surface area contributed by atoms with Crippen molar-refractivity contribution in [1.82, 2.24) is 4.90 Å². The lowest BCUT2D eigenvalue weighted by Gasteiger charge is -2.35. The normalized spacial score (nSPS) is 17.9. The van der Waals surface area contributed by atoms with Gasteiger partial charge in [0.2, 0.25) is 11.8 Å². The molecule has 0 aliphatic carbocycles. The van der Waals surface area contributed by atoms with Crippen LogP contribution in [0, 0.1) is 11.3 Å². The molecule has 0 bridgehead atoms. The van der Waals surface area contributed by atoms with Gasteiger partial charge in [-0.1, -0.05) is 12.2 Å². The average Bonchev–Trinajstić information content (AvgIpc) is 2.27. The molecule has 1 fully saturated rings. The molecule has 1 saturated heterocycles. The second-order valence-electron chi connectivity index (χ2n) is 4.96. The van der Waals surface area contributed by atoms with Crippen LogP contribution in [-0.2, 0) is 9.59 Å². The maximum absolute atomic E-state index is 12.2. The quantitative estimate of drug-likeness (QED) is 0.698. The van der Waals surface area contributed by atoms with Gasteiger partial charge in [-0.3, -0.25) is 9.59 Å². The molecule has 1 rings (SSSR count). The highest BCUT2D eigenvalue weighted by molar-refractivity contribution is 7.80. The number of hydrogen-bond donors (Lipinski definition) is 2. The van der Waals surface area contributed by atoms with Gasteiger partial charge < -0.3 is 16.4 Å². The number of rotatable bonds is 3. The van der Waals surface area contributed by atoms with Crippen LogP contribution in [0.2, 0.25) is 0 Å². The number of carbonyl (C=O) groups excluding carboxylic acids is 2. The second-order valence-corrected chi connectivity index (χ2v) is 5.40. The van der Waals surface area contributed by atoms with E-state index in [1.165, 1.54) is 0 Å². The zero-order chi connectivity index (χ0) is 13.2. The fourth-order valence-electron chi connectivity index (χ4n) is 1.87. The third-order valence-corrected chi connectivity index (χ3v) is 3.85. The molecule has 0 saturated carbocycles. The molecule has 0 aromatic carbocycles. The van der Waals surface area contributed by atoms with Crippen molar-refractivity contribution in [3.63, 3.8) is 0 Å². The first kappa shape index (κ1) is 13.9. The van der Waals surface area contributed by atoms with Gasteiger partial charge >= 0.3 is 0 Å². The van der Waals surface area contributed by atoms with Crippen molar-refractivity contribution in [3.8, 4) is 0 Å². The van der Waals surface area contributed by atoms with Crippen LogP contribution in [0.25, 0.3) is 0 Å². The van der Waals surface area contributed by atoms with Crippen LogP contribution in [0.15, 0.2) is 0 Å². The number of amides is 2. The summed E-state index contributed by atoms with van der Waals surface area (Å²) >= 11 is 4.90. The molecule has 0 atom stereocenters.